The molecule has 82 valence electrons. The van der Waals surface area contributed by atoms with Crippen LogP contribution in [0.2, 0.25) is 0 Å². The van der Waals surface area contributed by atoms with Crippen molar-refractivity contribution in [1.82, 2.24) is 0 Å². The van der Waals surface area contributed by atoms with Crippen LogP contribution in [0.5, 0.6) is 0 Å². The minimum atomic E-state index is -0.0438. The number of aryl methyl sites for hydroxylation is 1. The number of likely N-dealkylation sites (N-methyl/N-ethyl adjacent to an activating group) is 1. The Labute approximate surface area is 91.9 Å². The number of ketones is 1. The van der Waals surface area contributed by atoms with E-state index in [0.717, 1.165) is 5.69 Å². The maximum atomic E-state index is 11.6. The van der Waals surface area contributed by atoms with Gasteiger partial charge in [0, 0.05) is 19.2 Å². The summed E-state index contributed by atoms with van der Waals surface area (Å²) in [6.45, 7) is 5.91. The second-order valence-electron chi connectivity index (χ2n) is 3.94. The van der Waals surface area contributed by atoms with Crippen molar-refractivity contribution >= 4 is 11.5 Å². The van der Waals surface area contributed by atoms with Crippen molar-refractivity contribution in [3.05, 3.63) is 29.8 Å². The molecule has 0 aliphatic heterocycles. The quantitative estimate of drug-likeness (QED) is 0.753. The van der Waals surface area contributed by atoms with Gasteiger partial charge >= 0.3 is 0 Å². The molecule has 15 heavy (non-hydrogen) atoms. The Morgan fingerprint density at radius 3 is 2.33 bits per heavy atom. The molecule has 0 aromatic heterocycles. The number of benzene rings is 1. The average Bonchev–Trinajstić information content (AvgIpc) is 2.27. The monoisotopic (exact) mass is 205 g/mol. The van der Waals surface area contributed by atoms with Gasteiger partial charge in [0.2, 0.25) is 0 Å². The summed E-state index contributed by atoms with van der Waals surface area (Å²) in [5.74, 6) is 0.276. The van der Waals surface area contributed by atoms with Crippen molar-refractivity contribution in [2.75, 3.05) is 11.9 Å². The SMILES string of the molecule is CCC(=O)C(C)N(C)c1ccc(C)cc1. The standard InChI is InChI=1S/C13H19NO/c1-5-13(15)11(3)14(4)12-8-6-10(2)7-9-12/h6-9,11H,5H2,1-4H3. The minimum Gasteiger partial charge on any atom is -0.365 e. The number of carbonyl (C=O) groups is 1. The first kappa shape index (κ1) is 11.8. The highest BCUT2D eigenvalue weighted by Gasteiger charge is 2.15. The van der Waals surface area contributed by atoms with Gasteiger partial charge in [-0.25, -0.2) is 0 Å². The third kappa shape index (κ3) is 2.82. The third-order valence-electron chi connectivity index (χ3n) is 2.84. The molecule has 0 N–H and O–H groups in total. The number of Topliss-reactive ketones (excluding diaryl/α,β-unsaturated/α-hetero) is 1. The zero-order chi connectivity index (χ0) is 11.4. The number of carbonyl (C=O) groups excluding carboxylic acids is 1. The Kier molecular flexibility index (Phi) is 3.89. The lowest BCUT2D eigenvalue weighted by Gasteiger charge is -2.25. The van der Waals surface area contributed by atoms with E-state index in [4.69, 9.17) is 0 Å². The van der Waals surface area contributed by atoms with Crippen LogP contribution >= 0.6 is 0 Å². The van der Waals surface area contributed by atoms with Gasteiger partial charge in [0.15, 0.2) is 5.78 Å². The maximum Gasteiger partial charge on any atom is 0.154 e. The summed E-state index contributed by atoms with van der Waals surface area (Å²) in [6.07, 6.45) is 0.595. The van der Waals surface area contributed by atoms with Crippen LogP contribution in [-0.2, 0) is 4.79 Å². The smallest absolute Gasteiger partial charge is 0.154 e. The Morgan fingerprint density at radius 1 is 1.33 bits per heavy atom. The molecule has 2 nitrogen and oxygen atoms in total. The van der Waals surface area contributed by atoms with Gasteiger partial charge in [-0.1, -0.05) is 24.6 Å². The molecule has 0 spiro atoms. The van der Waals surface area contributed by atoms with E-state index in [0.29, 0.717) is 6.42 Å². The summed E-state index contributed by atoms with van der Waals surface area (Å²) in [6, 6.07) is 8.19. The average molecular weight is 205 g/mol. The Balaban J connectivity index is 2.80. The first-order valence-corrected chi connectivity index (χ1v) is 5.38. The van der Waals surface area contributed by atoms with Crippen LogP contribution in [0.25, 0.3) is 0 Å². The van der Waals surface area contributed by atoms with E-state index in [2.05, 4.69) is 31.2 Å². The topological polar surface area (TPSA) is 20.3 Å². The largest absolute Gasteiger partial charge is 0.365 e. The van der Waals surface area contributed by atoms with E-state index in [1.54, 1.807) is 0 Å². The van der Waals surface area contributed by atoms with Crippen LogP contribution in [0.15, 0.2) is 24.3 Å². The lowest BCUT2D eigenvalue weighted by Crippen LogP contribution is -2.35. The highest BCUT2D eigenvalue weighted by atomic mass is 16.1. The van der Waals surface area contributed by atoms with Gasteiger partial charge in [-0.3, -0.25) is 4.79 Å². The van der Waals surface area contributed by atoms with Crippen LogP contribution in [-0.4, -0.2) is 18.9 Å². The summed E-state index contributed by atoms with van der Waals surface area (Å²) in [5, 5.41) is 0. The number of hydrogen-bond donors (Lipinski definition) is 0. The molecule has 0 heterocycles. The van der Waals surface area contributed by atoms with E-state index in [9.17, 15) is 4.79 Å². The van der Waals surface area contributed by atoms with Crippen LogP contribution in [0.4, 0.5) is 5.69 Å². The predicted octanol–water partition coefficient (Wildman–Crippen LogP) is 2.80. The molecule has 0 radical (unpaired) electrons. The fraction of sp³-hybridized carbons (Fsp3) is 0.462. The van der Waals surface area contributed by atoms with Gasteiger partial charge in [-0.2, -0.15) is 0 Å². The van der Waals surface area contributed by atoms with Gasteiger partial charge in [0.1, 0.15) is 0 Å². The molecule has 0 aliphatic rings. The molecule has 1 unspecified atom stereocenters. The van der Waals surface area contributed by atoms with E-state index < -0.39 is 0 Å². The molecular weight excluding hydrogens is 186 g/mol. The molecule has 0 saturated carbocycles. The molecule has 2 heteroatoms. The van der Waals surface area contributed by atoms with Crippen molar-refractivity contribution in [3.8, 4) is 0 Å². The van der Waals surface area contributed by atoms with Crippen LogP contribution in [0.1, 0.15) is 25.8 Å². The zero-order valence-electron chi connectivity index (χ0n) is 9.95. The van der Waals surface area contributed by atoms with E-state index in [1.807, 2.05) is 25.8 Å². The van der Waals surface area contributed by atoms with Gasteiger partial charge < -0.3 is 4.90 Å². The second kappa shape index (κ2) is 4.96. The number of hydrogen-bond acceptors (Lipinski definition) is 2. The molecule has 0 saturated heterocycles. The molecular formula is C13H19NO. The Hall–Kier alpha value is -1.31. The molecule has 0 aliphatic carbocycles. The Bertz CT molecular complexity index is 329. The zero-order valence-corrected chi connectivity index (χ0v) is 9.95. The fourth-order valence-electron chi connectivity index (χ4n) is 1.51. The van der Waals surface area contributed by atoms with Gasteiger partial charge in [-0.05, 0) is 26.0 Å². The number of rotatable bonds is 4. The minimum absolute atomic E-state index is 0.0438. The van der Waals surface area contributed by atoms with E-state index in [-0.39, 0.29) is 11.8 Å². The molecule has 1 rings (SSSR count). The van der Waals surface area contributed by atoms with Crippen molar-refractivity contribution in [2.45, 2.75) is 33.2 Å². The van der Waals surface area contributed by atoms with Crippen molar-refractivity contribution in [2.24, 2.45) is 0 Å². The molecule has 0 amide bonds. The molecule has 1 aromatic rings. The maximum absolute atomic E-state index is 11.6. The summed E-state index contributed by atoms with van der Waals surface area (Å²) < 4.78 is 0. The van der Waals surface area contributed by atoms with Gasteiger partial charge in [-0.15, -0.1) is 0 Å². The predicted molar refractivity (Wildman–Crippen MR) is 64.3 cm³/mol. The Morgan fingerprint density at radius 2 is 1.87 bits per heavy atom. The first-order chi connectivity index (χ1) is 7.06. The van der Waals surface area contributed by atoms with Crippen molar-refractivity contribution in [3.63, 3.8) is 0 Å². The molecule has 0 fully saturated rings. The van der Waals surface area contributed by atoms with Crippen LogP contribution < -0.4 is 4.90 Å². The van der Waals surface area contributed by atoms with Gasteiger partial charge in [0.25, 0.3) is 0 Å². The second-order valence-corrected chi connectivity index (χ2v) is 3.94. The van der Waals surface area contributed by atoms with Crippen molar-refractivity contribution in [1.29, 1.82) is 0 Å². The molecule has 0 bridgehead atoms. The molecule has 1 aromatic carbocycles. The van der Waals surface area contributed by atoms with Crippen LogP contribution in [0.3, 0.4) is 0 Å². The highest BCUT2D eigenvalue weighted by molar-refractivity contribution is 5.86. The van der Waals surface area contributed by atoms with Crippen molar-refractivity contribution < 1.29 is 4.79 Å². The van der Waals surface area contributed by atoms with E-state index in [1.165, 1.54) is 5.56 Å². The number of anilines is 1. The first-order valence-electron chi connectivity index (χ1n) is 5.38. The highest BCUT2D eigenvalue weighted by Crippen LogP contribution is 2.16. The normalized spacial score (nSPS) is 12.3. The lowest BCUT2D eigenvalue weighted by molar-refractivity contribution is -0.119. The summed E-state index contributed by atoms with van der Waals surface area (Å²) in [7, 11) is 1.96. The van der Waals surface area contributed by atoms with Gasteiger partial charge in [0.05, 0.1) is 6.04 Å². The number of nitrogens with zero attached hydrogens (tertiary/aromatic N) is 1. The van der Waals surface area contributed by atoms with Crippen LogP contribution in [0, 0.1) is 6.92 Å². The third-order valence-corrected chi connectivity index (χ3v) is 2.84. The summed E-state index contributed by atoms with van der Waals surface area (Å²) in [5.41, 5.74) is 2.33. The summed E-state index contributed by atoms with van der Waals surface area (Å²) >= 11 is 0. The fourth-order valence-corrected chi connectivity index (χ4v) is 1.51. The lowest BCUT2D eigenvalue weighted by atomic mass is 10.1. The molecule has 1 atom stereocenters. The van der Waals surface area contributed by atoms with E-state index >= 15 is 0 Å². The summed E-state index contributed by atoms with van der Waals surface area (Å²) in [4.78, 5) is 13.6.